The minimum absolute atomic E-state index is 0.0431. The molecule has 6 nitrogen and oxygen atoms in total. The Balaban J connectivity index is 1.46. The standard InChI is InChI=1S/C19H22FN3O3S/c20-18-5-3-16(4-6-18)14-27(25,26)22-12-15-7-10-23(11-8-15)19(24)17-2-1-9-21-13-17/h1-6,9,13,15,22H,7-8,10-12,14H2. The van der Waals surface area contributed by atoms with Crippen LogP contribution in [0, 0.1) is 11.7 Å². The molecule has 27 heavy (non-hydrogen) atoms. The second-order valence-electron chi connectivity index (χ2n) is 6.71. The van der Waals surface area contributed by atoms with Crippen LogP contribution in [0.2, 0.25) is 0 Å². The van der Waals surface area contributed by atoms with Gasteiger partial charge in [0.1, 0.15) is 5.82 Å². The summed E-state index contributed by atoms with van der Waals surface area (Å²) in [6.07, 6.45) is 4.66. The lowest BCUT2D eigenvalue weighted by atomic mass is 9.97. The molecule has 2 heterocycles. The molecule has 0 unspecified atom stereocenters. The Morgan fingerprint density at radius 3 is 2.52 bits per heavy atom. The van der Waals surface area contributed by atoms with Crippen LogP contribution in [0.25, 0.3) is 0 Å². The molecule has 1 aliphatic rings. The van der Waals surface area contributed by atoms with Crippen molar-refractivity contribution in [1.82, 2.24) is 14.6 Å². The molecule has 0 radical (unpaired) electrons. The Labute approximate surface area is 158 Å². The highest BCUT2D eigenvalue weighted by atomic mass is 32.2. The molecule has 1 fully saturated rings. The molecule has 0 saturated carbocycles. The number of pyridine rings is 1. The van der Waals surface area contributed by atoms with Crippen LogP contribution in [0.5, 0.6) is 0 Å². The van der Waals surface area contributed by atoms with Crippen LogP contribution in [-0.2, 0) is 15.8 Å². The fraction of sp³-hybridized carbons (Fsp3) is 0.368. The minimum atomic E-state index is -3.48. The van der Waals surface area contributed by atoms with Crippen molar-refractivity contribution in [3.63, 3.8) is 0 Å². The van der Waals surface area contributed by atoms with Crippen molar-refractivity contribution in [2.75, 3.05) is 19.6 Å². The van der Waals surface area contributed by atoms with Crippen molar-refractivity contribution >= 4 is 15.9 Å². The molecule has 144 valence electrons. The summed E-state index contributed by atoms with van der Waals surface area (Å²) in [6, 6.07) is 8.91. The van der Waals surface area contributed by atoms with Gasteiger partial charge in [0.25, 0.3) is 5.91 Å². The van der Waals surface area contributed by atoms with Crippen LogP contribution in [0.3, 0.4) is 0 Å². The zero-order valence-corrected chi connectivity index (χ0v) is 15.7. The van der Waals surface area contributed by atoms with E-state index in [-0.39, 0.29) is 17.6 Å². The maximum Gasteiger partial charge on any atom is 0.255 e. The zero-order chi connectivity index (χ0) is 19.3. The number of carbonyl (C=O) groups is 1. The van der Waals surface area contributed by atoms with E-state index in [0.717, 1.165) is 12.8 Å². The van der Waals surface area contributed by atoms with Gasteiger partial charge >= 0.3 is 0 Å². The van der Waals surface area contributed by atoms with Crippen LogP contribution in [0.15, 0.2) is 48.8 Å². The molecule has 2 aromatic rings. The zero-order valence-electron chi connectivity index (χ0n) is 14.8. The largest absolute Gasteiger partial charge is 0.339 e. The van der Waals surface area contributed by atoms with Crippen LogP contribution < -0.4 is 4.72 Å². The van der Waals surface area contributed by atoms with E-state index in [4.69, 9.17) is 0 Å². The summed E-state index contributed by atoms with van der Waals surface area (Å²) in [7, 11) is -3.48. The maximum atomic E-state index is 12.9. The molecule has 8 heteroatoms. The normalized spacial score (nSPS) is 15.7. The van der Waals surface area contributed by atoms with E-state index < -0.39 is 15.8 Å². The second kappa shape index (κ2) is 8.58. The van der Waals surface area contributed by atoms with Crippen molar-refractivity contribution < 1.29 is 17.6 Å². The number of aromatic nitrogens is 1. The number of hydrogen-bond donors (Lipinski definition) is 1. The summed E-state index contributed by atoms with van der Waals surface area (Å²) in [5, 5.41) is 0. The lowest BCUT2D eigenvalue weighted by Crippen LogP contribution is -2.41. The van der Waals surface area contributed by atoms with Gasteiger partial charge in [-0.2, -0.15) is 0 Å². The van der Waals surface area contributed by atoms with Gasteiger partial charge in [-0.05, 0) is 48.6 Å². The number of benzene rings is 1. The van der Waals surface area contributed by atoms with E-state index in [1.807, 2.05) is 0 Å². The van der Waals surface area contributed by atoms with E-state index >= 15 is 0 Å². The van der Waals surface area contributed by atoms with Crippen LogP contribution in [-0.4, -0.2) is 43.8 Å². The summed E-state index contributed by atoms with van der Waals surface area (Å²) in [5.74, 6) is -0.424. The van der Waals surface area contributed by atoms with Gasteiger partial charge < -0.3 is 4.90 Å². The van der Waals surface area contributed by atoms with E-state index in [1.54, 1.807) is 29.4 Å². The maximum absolute atomic E-state index is 12.9. The molecule has 0 aliphatic carbocycles. The third-order valence-corrected chi connectivity index (χ3v) is 5.99. The molecular formula is C19H22FN3O3S. The molecular weight excluding hydrogens is 369 g/mol. The quantitative estimate of drug-likeness (QED) is 0.819. The van der Waals surface area contributed by atoms with Crippen molar-refractivity contribution in [3.8, 4) is 0 Å². The number of amides is 1. The SMILES string of the molecule is O=C(c1cccnc1)N1CCC(CNS(=O)(=O)Cc2ccc(F)cc2)CC1. The lowest BCUT2D eigenvalue weighted by molar-refractivity contribution is 0.0691. The molecule has 1 N–H and O–H groups in total. The number of nitrogens with one attached hydrogen (secondary N) is 1. The highest BCUT2D eigenvalue weighted by Gasteiger charge is 2.24. The van der Waals surface area contributed by atoms with Crippen molar-refractivity contribution in [1.29, 1.82) is 0 Å². The second-order valence-corrected chi connectivity index (χ2v) is 8.52. The lowest BCUT2D eigenvalue weighted by Gasteiger charge is -2.32. The number of sulfonamides is 1. The molecule has 1 aliphatic heterocycles. The Morgan fingerprint density at radius 1 is 1.19 bits per heavy atom. The van der Waals surface area contributed by atoms with Gasteiger partial charge in [0.15, 0.2) is 0 Å². The van der Waals surface area contributed by atoms with Crippen LogP contribution in [0.4, 0.5) is 4.39 Å². The number of halogens is 1. The molecule has 0 spiro atoms. The first kappa shape index (κ1) is 19.4. The van der Waals surface area contributed by atoms with Gasteiger partial charge in [0.05, 0.1) is 11.3 Å². The summed E-state index contributed by atoms with van der Waals surface area (Å²) in [4.78, 5) is 18.1. The fourth-order valence-corrected chi connectivity index (χ4v) is 4.33. The van der Waals surface area contributed by atoms with Crippen LogP contribution in [0.1, 0.15) is 28.8 Å². The Hall–Kier alpha value is -2.32. The highest BCUT2D eigenvalue weighted by molar-refractivity contribution is 7.88. The molecule has 0 atom stereocenters. The van der Waals surface area contributed by atoms with Crippen molar-refractivity contribution in [3.05, 3.63) is 65.7 Å². The Morgan fingerprint density at radius 2 is 1.89 bits per heavy atom. The first-order valence-electron chi connectivity index (χ1n) is 8.84. The van der Waals surface area contributed by atoms with Gasteiger partial charge in [-0.1, -0.05) is 12.1 Å². The average Bonchev–Trinajstić information content (AvgIpc) is 2.69. The van der Waals surface area contributed by atoms with E-state index in [9.17, 15) is 17.6 Å². The third kappa shape index (κ3) is 5.58. The number of hydrogen-bond acceptors (Lipinski definition) is 4. The third-order valence-electron chi connectivity index (χ3n) is 4.67. The fourth-order valence-electron chi connectivity index (χ4n) is 3.11. The first-order valence-corrected chi connectivity index (χ1v) is 10.5. The number of nitrogens with zero attached hydrogens (tertiary/aromatic N) is 2. The number of rotatable bonds is 6. The van der Waals surface area contributed by atoms with E-state index in [2.05, 4.69) is 9.71 Å². The molecule has 1 aromatic heterocycles. The Kier molecular flexibility index (Phi) is 6.18. The number of likely N-dealkylation sites (tertiary alicyclic amines) is 1. The van der Waals surface area contributed by atoms with E-state index in [1.165, 1.54) is 24.3 Å². The van der Waals surface area contributed by atoms with Crippen molar-refractivity contribution in [2.24, 2.45) is 5.92 Å². The number of carbonyl (C=O) groups excluding carboxylic acids is 1. The predicted octanol–water partition coefficient (Wildman–Crippen LogP) is 2.19. The van der Waals surface area contributed by atoms with Gasteiger partial charge in [-0.3, -0.25) is 9.78 Å². The topological polar surface area (TPSA) is 79.4 Å². The minimum Gasteiger partial charge on any atom is -0.339 e. The summed E-state index contributed by atoms with van der Waals surface area (Å²) in [5.41, 5.74) is 1.11. The van der Waals surface area contributed by atoms with Gasteiger partial charge in [0.2, 0.25) is 10.0 Å². The van der Waals surface area contributed by atoms with Gasteiger partial charge in [0, 0.05) is 32.0 Å². The summed E-state index contributed by atoms with van der Waals surface area (Å²) in [6.45, 7) is 1.54. The molecule has 1 saturated heterocycles. The van der Waals surface area contributed by atoms with Crippen LogP contribution >= 0.6 is 0 Å². The molecule has 3 rings (SSSR count). The first-order chi connectivity index (χ1) is 12.9. The predicted molar refractivity (Wildman–Crippen MR) is 99.9 cm³/mol. The Bertz CT molecular complexity index is 865. The van der Waals surface area contributed by atoms with E-state index in [0.29, 0.717) is 30.8 Å². The van der Waals surface area contributed by atoms with Gasteiger partial charge in [-0.25, -0.2) is 17.5 Å². The average molecular weight is 391 g/mol. The molecule has 1 aromatic carbocycles. The molecule has 1 amide bonds. The highest BCUT2D eigenvalue weighted by Crippen LogP contribution is 2.19. The smallest absolute Gasteiger partial charge is 0.255 e. The monoisotopic (exact) mass is 391 g/mol. The van der Waals surface area contributed by atoms with Gasteiger partial charge in [-0.15, -0.1) is 0 Å². The summed E-state index contributed by atoms with van der Waals surface area (Å²) < 4.78 is 40.0. The number of piperidine rings is 1. The molecule has 0 bridgehead atoms. The van der Waals surface area contributed by atoms with Crippen molar-refractivity contribution in [2.45, 2.75) is 18.6 Å². The summed E-state index contributed by atoms with van der Waals surface area (Å²) >= 11 is 0.